The van der Waals surface area contributed by atoms with E-state index in [4.69, 9.17) is 25.9 Å². The quantitative estimate of drug-likeness (QED) is 0.518. The summed E-state index contributed by atoms with van der Waals surface area (Å²) in [5, 5.41) is 13.0. The fourth-order valence-electron chi connectivity index (χ4n) is 2.73. The first-order chi connectivity index (χ1) is 13.5. The fourth-order valence-corrected chi connectivity index (χ4v) is 2.95. The molecule has 0 amide bonds. The van der Waals surface area contributed by atoms with Gasteiger partial charge in [0.05, 0.1) is 22.4 Å². The number of fused-ring (bicyclic) bond motifs is 3. The molecule has 0 radical (unpaired) electrons. The van der Waals surface area contributed by atoms with Gasteiger partial charge in [-0.2, -0.15) is 0 Å². The first kappa shape index (κ1) is 18.3. The van der Waals surface area contributed by atoms with Gasteiger partial charge in [0.2, 0.25) is 0 Å². The second kappa shape index (κ2) is 7.52. The van der Waals surface area contributed by atoms with Gasteiger partial charge in [0.25, 0.3) is 5.69 Å². The lowest BCUT2D eigenvalue weighted by molar-refractivity contribution is -0.384. The molecule has 0 fully saturated rings. The number of nitro groups is 1. The number of ether oxygens (including phenoxy) is 2. The topological polar surface area (TPSA) is 112 Å². The van der Waals surface area contributed by atoms with Gasteiger partial charge >= 0.3 is 6.48 Å². The van der Waals surface area contributed by atoms with E-state index in [1.165, 1.54) is 30.7 Å². The molecule has 2 bridgehead atoms. The number of hydroxylamine groups is 1. The van der Waals surface area contributed by atoms with E-state index in [-0.39, 0.29) is 10.7 Å². The summed E-state index contributed by atoms with van der Waals surface area (Å²) in [6.45, 7) is -0.668. The van der Waals surface area contributed by atoms with Crippen LogP contribution < -0.4 is 10.2 Å². The zero-order valence-electron chi connectivity index (χ0n) is 14.5. The Morgan fingerprint density at radius 3 is 3.00 bits per heavy atom. The van der Waals surface area contributed by atoms with Crippen LogP contribution in [0.3, 0.4) is 0 Å². The number of hydrogen-bond acceptors (Lipinski definition) is 9. The number of hydrogen-bond donors (Lipinski definition) is 1. The number of hydrazine groups is 1. The van der Waals surface area contributed by atoms with Gasteiger partial charge in [-0.15, -0.1) is 0 Å². The number of methoxy groups -OCH3 is 1. The maximum absolute atomic E-state index is 11.2. The molecule has 4 rings (SSSR count). The number of nitrogens with zero attached hydrogens (tertiary/aromatic N) is 4. The Bertz CT molecular complexity index is 1050. The van der Waals surface area contributed by atoms with Crippen LogP contribution in [-0.4, -0.2) is 33.6 Å². The molecule has 1 aliphatic heterocycles. The second-order valence-corrected chi connectivity index (χ2v) is 6.25. The van der Waals surface area contributed by atoms with Crippen LogP contribution in [0.5, 0.6) is 5.75 Å². The molecular weight excluding hydrogens is 390 g/mol. The largest absolute Gasteiger partial charge is 0.440 e. The highest BCUT2D eigenvalue weighted by atomic mass is 35.5. The highest BCUT2D eigenvalue weighted by Crippen LogP contribution is 2.32. The van der Waals surface area contributed by atoms with Crippen molar-refractivity contribution < 1.29 is 19.2 Å². The van der Waals surface area contributed by atoms with Crippen molar-refractivity contribution in [2.75, 3.05) is 12.5 Å². The standard InChI is InChI=1S/C17H14ClN5O5/c1-26-17-27-11-4-2-3-10(5-11)8-22(28-17)21-16-12-6-15(23(24)25)13(18)7-14(12)19-9-20-16/h2-7,9,17H,8H2,1H3,(H,19,20,21). The molecule has 2 aromatic carbocycles. The van der Waals surface area contributed by atoms with Gasteiger partial charge in [0.1, 0.15) is 17.1 Å². The lowest BCUT2D eigenvalue weighted by Crippen LogP contribution is -2.39. The summed E-state index contributed by atoms with van der Waals surface area (Å²) < 4.78 is 10.8. The van der Waals surface area contributed by atoms with Crippen molar-refractivity contribution in [3.63, 3.8) is 0 Å². The van der Waals surface area contributed by atoms with Gasteiger partial charge in [-0.1, -0.05) is 28.9 Å². The number of rotatable bonds is 4. The molecular formula is C17H14ClN5O5. The van der Waals surface area contributed by atoms with Crippen LogP contribution in [0.2, 0.25) is 5.02 Å². The number of anilines is 1. The molecule has 1 atom stereocenters. The van der Waals surface area contributed by atoms with Crippen LogP contribution in [-0.2, 0) is 16.1 Å². The summed E-state index contributed by atoms with van der Waals surface area (Å²) in [4.78, 5) is 24.6. The summed E-state index contributed by atoms with van der Waals surface area (Å²) in [6.07, 6.45) is 1.32. The Morgan fingerprint density at radius 1 is 1.36 bits per heavy atom. The number of halogens is 1. The van der Waals surface area contributed by atoms with E-state index in [0.29, 0.717) is 29.0 Å². The van der Waals surface area contributed by atoms with Crippen LogP contribution in [0, 0.1) is 10.1 Å². The van der Waals surface area contributed by atoms with E-state index in [0.717, 1.165) is 5.56 Å². The van der Waals surface area contributed by atoms with Gasteiger partial charge in [-0.05, 0) is 23.8 Å². The minimum Gasteiger partial charge on any atom is -0.440 e. The smallest absolute Gasteiger partial charge is 0.333 e. The van der Waals surface area contributed by atoms with Crippen molar-refractivity contribution in [2.45, 2.75) is 13.0 Å². The third kappa shape index (κ3) is 3.66. The first-order valence-electron chi connectivity index (χ1n) is 8.11. The normalized spacial score (nSPS) is 16.9. The Balaban J connectivity index is 1.70. The van der Waals surface area contributed by atoms with Crippen molar-refractivity contribution in [2.24, 2.45) is 0 Å². The third-order valence-corrected chi connectivity index (χ3v) is 4.30. The molecule has 28 heavy (non-hydrogen) atoms. The summed E-state index contributed by atoms with van der Waals surface area (Å²) in [5.41, 5.74) is 4.10. The van der Waals surface area contributed by atoms with E-state index in [1.54, 1.807) is 6.07 Å². The minimum absolute atomic E-state index is 0.00526. The average molecular weight is 404 g/mol. The van der Waals surface area contributed by atoms with Crippen molar-refractivity contribution in [1.29, 1.82) is 0 Å². The van der Waals surface area contributed by atoms with Crippen molar-refractivity contribution in [3.05, 3.63) is 63.4 Å². The Morgan fingerprint density at radius 2 is 2.21 bits per heavy atom. The monoisotopic (exact) mass is 403 g/mol. The predicted octanol–water partition coefficient (Wildman–Crippen LogP) is 3.27. The minimum atomic E-state index is -1.00. The summed E-state index contributed by atoms with van der Waals surface area (Å²) in [7, 11) is 1.44. The molecule has 0 aliphatic carbocycles. The summed E-state index contributed by atoms with van der Waals surface area (Å²) in [5.74, 6) is 0.915. The first-order valence-corrected chi connectivity index (χ1v) is 8.49. The predicted molar refractivity (Wildman–Crippen MR) is 99.3 cm³/mol. The van der Waals surface area contributed by atoms with Crippen LogP contribution in [0.1, 0.15) is 5.56 Å². The zero-order chi connectivity index (χ0) is 19.7. The lowest BCUT2D eigenvalue weighted by atomic mass is 10.2. The van der Waals surface area contributed by atoms with Crippen LogP contribution in [0.15, 0.2) is 42.7 Å². The van der Waals surface area contributed by atoms with Crippen molar-refractivity contribution >= 4 is 34.0 Å². The molecule has 10 nitrogen and oxygen atoms in total. The van der Waals surface area contributed by atoms with Gasteiger partial charge < -0.3 is 9.47 Å². The van der Waals surface area contributed by atoms with E-state index in [2.05, 4.69) is 15.4 Å². The molecule has 0 saturated carbocycles. The Labute approximate surface area is 163 Å². The van der Waals surface area contributed by atoms with E-state index in [9.17, 15) is 10.1 Å². The average Bonchev–Trinajstić information content (AvgIpc) is 2.66. The fraction of sp³-hybridized carbons (Fsp3) is 0.176. The molecule has 3 aromatic rings. The van der Waals surface area contributed by atoms with Crippen LogP contribution in [0.4, 0.5) is 11.5 Å². The molecule has 1 aliphatic rings. The van der Waals surface area contributed by atoms with E-state index < -0.39 is 11.4 Å². The van der Waals surface area contributed by atoms with Crippen molar-refractivity contribution in [1.82, 2.24) is 15.1 Å². The van der Waals surface area contributed by atoms with E-state index in [1.807, 2.05) is 18.2 Å². The molecule has 11 heteroatoms. The summed E-state index contributed by atoms with van der Waals surface area (Å²) >= 11 is 5.97. The number of benzene rings is 2. The van der Waals surface area contributed by atoms with Gasteiger partial charge in [-0.25, -0.2) is 14.8 Å². The Kier molecular flexibility index (Phi) is 4.92. The van der Waals surface area contributed by atoms with Gasteiger partial charge in [-0.3, -0.25) is 15.5 Å². The molecule has 0 spiro atoms. The second-order valence-electron chi connectivity index (χ2n) is 5.84. The lowest BCUT2D eigenvalue weighted by Gasteiger charge is -2.29. The number of nitro benzene ring substituents is 1. The zero-order valence-corrected chi connectivity index (χ0v) is 15.3. The molecule has 2 heterocycles. The molecule has 144 valence electrons. The van der Waals surface area contributed by atoms with Gasteiger partial charge in [0, 0.05) is 13.2 Å². The molecule has 0 saturated heterocycles. The summed E-state index contributed by atoms with van der Waals surface area (Å²) in [6, 6.07) is 10.1. The molecule has 1 aromatic heterocycles. The highest BCUT2D eigenvalue weighted by Gasteiger charge is 2.22. The Hall–Kier alpha value is -3.05. The maximum atomic E-state index is 11.2. The SMILES string of the molecule is COC1Oc2cccc(c2)CN(Nc2ncnc3cc(Cl)c([N+](=O)[O-])cc23)O1. The van der Waals surface area contributed by atoms with Crippen LogP contribution >= 0.6 is 11.6 Å². The van der Waals surface area contributed by atoms with E-state index >= 15 is 0 Å². The van der Waals surface area contributed by atoms with Gasteiger partial charge in [0.15, 0.2) is 5.82 Å². The molecule has 1 unspecified atom stereocenters. The maximum Gasteiger partial charge on any atom is 0.333 e. The molecule has 1 N–H and O–H groups in total. The number of aromatic nitrogens is 2. The van der Waals surface area contributed by atoms with Crippen LogP contribution in [0.25, 0.3) is 10.9 Å². The highest BCUT2D eigenvalue weighted by molar-refractivity contribution is 6.33. The number of nitrogens with one attached hydrogen (secondary N) is 1. The third-order valence-electron chi connectivity index (χ3n) is 3.99. The van der Waals surface area contributed by atoms with Crippen molar-refractivity contribution in [3.8, 4) is 5.75 Å².